The van der Waals surface area contributed by atoms with Gasteiger partial charge in [-0.05, 0) is 87.8 Å². The van der Waals surface area contributed by atoms with Gasteiger partial charge in [-0.15, -0.1) is 22.7 Å². The quantitative estimate of drug-likeness (QED) is 0.277. The molecule has 3 aromatic rings. The number of nitriles is 4. The molecule has 0 radical (unpaired) electrons. The van der Waals surface area contributed by atoms with Gasteiger partial charge in [0.2, 0.25) is 0 Å². The van der Waals surface area contributed by atoms with Crippen molar-refractivity contribution >= 4 is 34.8 Å². The second kappa shape index (κ2) is 10.2. The van der Waals surface area contributed by atoms with Crippen LogP contribution in [0.2, 0.25) is 0 Å². The van der Waals surface area contributed by atoms with Gasteiger partial charge in [-0.25, -0.2) is 0 Å². The Balaban J connectivity index is 1.42. The highest BCUT2D eigenvalue weighted by Crippen LogP contribution is 2.60. The normalized spacial score (nSPS) is 18.2. The van der Waals surface area contributed by atoms with E-state index in [9.17, 15) is 21.0 Å². The summed E-state index contributed by atoms with van der Waals surface area (Å²) < 4.78 is 14.0. The first-order valence-corrected chi connectivity index (χ1v) is 16.0. The topological polar surface area (TPSA) is 114 Å². The smallest absolute Gasteiger partial charge is 0.135 e. The first-order valence-electron chi connectivity index (χ1n) is 14.4. The third kappa shape index (κ3) is 4.15. The molecule has 0 atom stereocenters. The fourth-order valence-electron chi connectivity index (χ4n) is 7.11. The number of rotatable bonds is 2. The van der Waals surface area contributed by atoms with Gasteiger partial charge >= 0.3 is 0 Å². The zero-order valence-corrected chi connectivity index (χ0v) is 24.6. The van der Waals surface area contributed by atoms with Crippen molar-refractivity contribution in [2.45, 2.75) is 75.4 Å². The molecular weight excluding hydrogens is 561 g/mol. The van der Waals surface area contributed by atoms with E-state index in [2.05, 4.69) is 24.3 Å². The Bertz CT molecular complexity index is 1680. The Hall–Kier alpha value is -4.34. The second-order valence-electron chi connectivity index (χ2n) is 11.5. The van der Waals surface area contributed by atoms with Crippen molar-refractivity contribution in [3.05, 3.63) is 56.3 Å². The van der Waals surface area contributed by atoms with Gasteiger partial charge in [0, 0.05) is 41.8 Å². The molecule has 4 heterocycles. The molecule has 4 aliphatic rings. The molecule has 2 aliphatic heterocycles. The number of ether oxygens (including phenoxy) is 2. The van der Waals surface area contributed by atoms with Gasteiger partial charge in [0.1, 0.15) is 58.1 Å². The van der Waals surface area contributed by atoms with E-state index in [0.29, 0.717) is 0 Å². The van der Waals surface area contributed by atoms with Crippen LogP contribution in [-0.2, 0) is 11.2 Å². The Morgan fingerprint density at radius 3 is 1.33 bits per heavy atom. The molecule has 8 heteroatoms. The molecule has 0 saturated heterocycles. The van der Waals surface area contributed by atoms with Crippen LogP contribution in [-0.4, -0.2) is 0 Å². The highest BCUT2D eigenvalue weighted by Gasteiger charge is 2.46. The third-order valence-electron chi connectivity index (χ3n) is 9.04. The van der Waals surface area contributed by atoms with Crippen LogP contribution in [0, 0.1) is 45.3 Å². The maximum atomic E-state index is 9.39. The number of thiophene rings is 2. The lowest BCUT2D eigenvalue weighted by Crippen LogP contribution is -2.38. The van der Waals surface area contributed by atoms with Gasteiger partial charge in [-0.1, -0.05) is 12.8 Å². The SMILES string of the molecule is N#CC(C#N)=Cc1cc2c(s1)-c1cc3c(cc1OC21CCCCC1)-c1sc(C=C(C#N)C#N)cc1C1(CCCCC1)O3. The summed E-state index contributed by atoms with van der Waals surface area (Å²) in [5, 5.41) is 37.6. The summed E-state index contributed by atoms with van der Waals surface area (Å²) in [6.07, 6.45) is 13.7. The lowest BCUT2D eigenvalue weighted by atomic mass is 9.76. The summed E-state index contributed by atoms with van der Waals surface area (Å²) in [6.45, 7) is 0. The molecule has 2 saturated carbocycles. The maximum absolute atomic E-state index is 9.39. The molecule has 2 aromatic heterocycles. The van der Waals surface area contributed by atoms with Crippen LogP contribution in [0.5, 0.6) is 11.5 Å². The molecule has 6 nitrogen and oxygen atoms in total. The summed E-state index contributed by atoms with van der Waals surface area (Å²) in [5.74, 6) is 1.66. The van der Waals surface area contributed by atoms with Crippen LogP contribution in [0.1, 0.15) is 85.1 Å². The summed E-state index contributed by atoms with van der Waals surface area (Å²) in [4.78, 5) is 4.00. The molecule has 0 amide bonds. The van der Waals surface area contributed by atoms with Crippen molar-refractivity contribution in [1.82, 2.24) is 0 Å². The van der Waals surface area contributed by atoms with Crippen molar-refractivity contribution in [3.8, 4) is 56.7 Å². The van der Waals surface area contributed by atoms with E-state index in [1.54, 1.807) is 34.8 Å². The van der Waals surface area contributed by atoms with Gasteiger partial charge in [0.15, 0.2) is 0 Å². The van der Waals surface area contributed by atoms with Crippen LogP contribution in [0.15, 0.2) is 35.4 Å². The summed E-state index contributed by atoms with van der Waals surface area (Å²) in [6, 6.07) is 16.5. The van der Waals surface area contributed by atoms with E-state index in [1.807, 2.05) is 24.3 Å². The minimum Gasteiger partial charge on any atom is -0.482 e. The molecule has 0 bridgehead atoms. The predicted octanol–water partition coefficient (Wildman–Crippen LogP) is 9.11. The van der Waals surface area contributed by atoms with E-state index < -0.39 is 11.2 Å². The second-order valence-corrected chi connectivity index (χ2v) is 13.7. The van der Waals surface area contributed by atoms with Gasteiger partial charge in [-0.3, -0.25) is 0 Å². The Labute approximate surface area is 253 Å². The average Bonchev–Trinajstić information content (AvgIpc) is 3.65. The first-order chi connectivity index (χ1) is 20.5. The van der Waals surface area contributed by atoms with Crippen LogP contribution in [0.25, 0.3) is 33.0 Å². The average molecular weight is 587 g/mol. The Kier molecular flexibility index (Phi) is 6.44. The lowest BCUT2D eigenvalue weighted by Gasteiger charge is -2.44. The van der Waals surface area contributed by atoms with E-state index in [1.165, 1.54) is 12.8 Å². The molecular formula is C34H26N4O2S2. The molecule has 7 rings (SSSR count). The highest BCUT2D eigenvalue weighted by molar-refractivity contribution is 7.17. The Morgan fingerprint density at radius 1 is 0.595 bits per heavy atom. The van der Waals surface area contributed by atoms with Gasteiger partial charge in [0.25, 0.3) is 0 Å². The minimum absolute atomic E-state index is 0.0893. The molecule has 2 spiro atoms. The van der Waals surface area contributed by atoms with E-state index in [4.69, 9.17) is 9.47 Å². The van der Waals surface area contributed by atoms with Crippen molar-refractivity contribution in [1.29, 1.82) is 21.0 Å². The predicted molar refractivity (Wildman–Crippen MR) is 162 cm³/mol. The highest BCUT2D eigenvalue weighted by atomic mass is 32.1. The van der Waals surface area contributed by atoms with Crippen molar-refractivity contribution in [3.63, 3.8) is 0 Å². The molecule has 0 N–H and O–H groups in total. The number of hydrogen-bond acceptors (Lipinski definition) is 8. The van der Waals surface area contributed by atoms with E-state index in [-0.39, 0.29) is 11.1 Å². The monoisotopic (exact) mass is 586 g/mol. The molecule has 206 valence electrons. The van der Waals surface area contributed by atoms with Crippen LogP contribution in [0.3, 0.4) is 0 Å². The third-order valence-corrected chi connectivity index (χ3v) is 11.3. The standard InChI is InChI=1S/C34H26N4O2S2/c35-17-21(18-36)11-23-13-27-31(41-23)25-16-30-26(15-29(25)39-33(27)7-3-1-4-8-33)32-28(34(40-30)9-5-2-6-10-34)14-24(42-32)12-22(19-37)20-38/h11-16H,1-10H2. The van der Waals surface area contributed by atoms with E-state index in [0.717, 1.165) is 105 Å². The van der Waals surface area contributed by atoms with Gasteiger partial charge in [-0.2, -0.15) is 21.0 Å². The van der Waals surface area contributed by atoms with Gasteiger partial charge < -0.3 is 9.47 Å². The Morgan fingerprint density at radius 2 is 0.976 bits per heavy atom. The zero-order valence-electron chi connectivity index (χ0n) is 23.0. The number of allylic oxidation sites excluding steroid dienone is 2. The summed E-state index contributed by atoms with van der Waals surface area (Å²) in [5.41, 5.74) is 3.58. The molecule has 42 heavy (non-hydrogen) atoms. The fraction of sp³-hybridized carbons (Fsp3) is 0.353. The number of nitrogens with zero attached hydrogens (tertiary/aromatic N) is 4. The number of benzene rings is 1. The van der Waals surface area contributed by atoms with Gasteiger partial charge in [0.05, 0.1) is 0 Å². The lowest BCUT2D eigenvalue weighted by molar-refractivity contribution is 0.0203. The molecule has 2 fully saturated rings. The molecule has 2 aliphatic carbocycles. The maximum Gasteiger partial charge on any atom is 0.135 e. The van der Waals surface area contributed by atoms with Crippen LogP contribution < -0.4 is 9.47 Å². The van der Waals surface area contributed by atoms with Crippen molar-refractivity contribution in [2.24, 2.45) is 0 Å². The zero-order chi connectivity index (χ0) is 28.9. The largest absolute Gasteiger partial charge is 0.482 e. The van der Waals surface area contributed by atoms with Crippen LogP contribution >= 0.6 is 22.7 Å². The van der Waals surface area contributed by atoms with Crippen molar-refractivity contribution in [2.75, 3.05) is 0 Å². The number of hydrogen-bond donors (Lipinski definition) is 0. The first kappa shape index (κ1) is 26.6. The molecule has 1 aromatic carbocycles. The minimum atomic E-state index is -0.433. The van der Waals surface area contributed by atoms with E-state index >= 15 is 0 Å². The molecule has 0 unspecified atom stereocenters. The fourth-order valence-corrected chi connectivity index (χ4v) is 9.53. The summed E-state index contributed by atoms with van der Waals surface area (Å²) >= 11 is 3.21. The summed E-state index contributed by atoms with van der Waals surface area (Å²) in [7, 11) is 0. The van der Waals surface area contributed by atoms with Crippen LogP contribution in [0.4, 0.5) is 0 Å². The van der Waals surface area contributed by atoms with Crippen molar-refractivity contribution < 1.29 is 9.47 Å². The number of fused-ring (bicyclic) bond motifs is 8.